The van der Waals surface area contributed by atoms with E-state index in [0.717, 1.165) is 23.4 Å². The van der Waals surface area contributed by atoms with E-state index in [0.29, 0.717) is 6.04 Å². The first-order valence-electron chi connectivity index (χ1n) is 7.19. The molecule has 0 spiro atoms. The van der Waals surface area contributed by atoms with Crippen LogP contribution in [0.1, 0.15) is 25.0 Å². The highest BCUT2D eigenvalue weighted by molar-refractivity contribution is 9.10. The molecule has 0 bridgehead atoms. The second-order valence-corrected chi connectivity index (χ2v) is 6.32. The van der Waals surface area contributed by atoms with Gasteiger partial charge in [-0.1, -0.05) is 54.0 Å². The van der Waals surface area contributed by atoms with Gasteiger partial charge in [0.05, 0.1) is 0 Å². The van der Waals surface area contributed by atoms with Gasteiger partial charge in [-0.2, -0.15) is 0 Å². The van der Waals surface area contributed by atoms with Gasteiger partial charge in [0, 0.05) is 42.4 Å². The third kappa shape index (κ3) is 4.55. The van der Waals surface area contributed by atoms with Gasteiger partial charge >= 0.3 is 0 Å². The molecule has 0 radical (unpaired) electrons. The largest absolute Gasteiger partial charge is 0.355 e. The first-order chi connectivity index (χ1) is 10.1. The van der Waals surface area contributed by atoms with Crippen LogP contribution in [-0.4, -0.2) is 18.1 Å². The molecule has 0 amide bonds. The highest BCUT2D eigenvalue weighted by Gasteiger charge is 2.10. The highest BCUT2D eigenvalue weighted by Crippen LogP contribution is 2.22. The van der Waals surface area contributed by atoms with E-state index >= 15 is 0 Å². The van der Waals surface area contributed by atoms with Crippen molar-refractivity contribution in [1.29, 1.82) is 0 Å². The summed E-state index contributed by atoms with van der Waals surface area (Å²) in [6, 6.07) is 12.9. The van der Waals surface area contributed by atoms with Crippen molar-refractivity contribution in [2.24, 2.45) is 0 Å². The smallest absolute Gasteiger partial charge is 0.133 e. The molecule has 3 nitrogen and oxygen atoms in total. The lowest BCUT2D eigenvalue weighted by atomic mass is 10.2. The van der Waals surface area contributed by atoms with Gasteiger partial charge in [0.25, 0.3) is 0 Å². The molecule has 4 heteroatoms. The van der Waals surface area contributed by atoms with Crippen LogP contribution in [0.25, 0.3) is 0 Å². The molecule has 1 heterocycles. The molecule has 0 atom stereocenters. The second-order valence-electron chi connectivity index (χ2n) is 5.47. The minimum Gasteiger partial charge on any atom is -0.355 e. The summed E-state index contributed by atoms with van der Waals surface area (Å²) in [5, 5.41) is 3.46. The van der Waals surface area contributed by atoms with E-state index in [2.05, 4.69) is 76.3 Å². The molecule has 0 fully saturated rings. The molecule has 1 aromatic heterocycles. The zero-order chi connectivity index (χ0) is 15.2. The summed E-state index contributed by atoms with van der Waals surface area (Å²) >= 11 is 3.61. The number of halogens is 1. The van der Waals surface area contributed by atoms with E-state index < -0.39 is 0 Å². The van der Waals surface area contributed by atoms with Crippen molar-refractivity contribution in [2.75, 3.05) is 11.9 Å². The van der Waals surface area contributed by atoms with Crippen molar-refractivity contribution < 1.29 is 0 Å². The Balaban J connectivity index is 2.15. The van der Waals surface area contributed by atoms with Crippen LogP contribution in [0, 0.1) is 0 Å². The molecule has 0 saturated carbocycles. The molecule has 2 aromatic rings. The number of benzene rings is 1. The lowest BCUT2D eigenvalue weighted by Crippen LogP contribution is -2.25. The van der Waals surface area contributed by atoms with Gasteiger partial charge in [-0.15, -0.1) is 0 Å². The van der Waals surface area contributed by atoms with E-state index in [1.165, 1.54) is 11.1 Å². The molecule has 2 rings (SSSR count). The molecular formula is C17H22BrN3. The number of nitrogens with zero attached hydrogens (tertiary/aromatic N) is 2. The maximum Gasteiger partial charge on any atom is 0.133 e. The van der Waals surface area contributed by atoms with Crippen molar-refractivity contribution in [3.63, 3.8) is 0 Å². The first kappa shape index (κ1) is 16.0. The van der Waals surface area contributed by atoms with E-state index in [-0.39, 0.29) is 0 Å². The minimum atomic E-state index is 0.464. The van der Waals surface area contributed by atoms with Crippen LogP contribution in [0.15, 0.2) is 47.1 Å². The Morgan fingerprint density at radius 2 is 1.86 bits per heavy atom. The molecule has 0 saturated heterocycles. The van der Waals surface area contributed by atoms with Crippen LogP contribution in [0.2, 0.25) is 0 Å². The van der Waals surface area contributed by atoms with Crippen molar-refractivity contribution in [3.05, 3.63) is 58.2 Å². The summed E-state index contributed by atoms with van der Waals surface area (Å²) in [7, 11) is 2.08. The van der Waals surface area contributed by atoms with Crippen molar-refractivity contribution in [3.8, 4) is 0 Å². The van der Waals surface area contributed by atoms with Crippen molar-refractivity contribution >= 4 is 21.7 Å². The molecule has 0 aliphatic carbocycles. The molecule has 21 heavy (non-hydrogen) atoms. The Hall–Kier alpha value is -1.39. The number of rotatable bonds is 6. The van der Waals surface area contributed by atoms with E-state index in [1.54, 1.807) is 0 Å². The number of hydrogen-bond donors (Lipinski definition) is 1. The Bertz CT molecular complexity index is 584. The van der Waals surface area contributed by atoms with Crippen LogP contribution in [0.4, 0.5) is 5.82 Å². The summed E-state index contributed by atoms with van der Waals surface area (Å²) in [6.45, 7) is 5.97. The summed E-state index contributed by atoms with van der Waals surface area (Å²) in [6.07, 6.45) is 1.85. The zero-order valence-corrected chi connectivity index (χ0v) is 14.4. The fourth-order valence-corrected chi connectivity index (χ4v) is 2.59. The van der Waals surface area contributed by atoms with Gasteiger partial charge in [0.15, 0.2) is 0 Å². The van der Waals surface area contributed by atoms with Crippen LogP contribution in [0.3, 0.4) is 0 Å². The number of pyridine rings is 1. The van der Waals surface area contributed by atoms with Crippen LogP contribution in [-0.2, 0) is 13.1 Å². The Labute approximate surface area is 135 Å². The molecule has 112 valence electrons. The van der Waals surface area contributed by atoms with Gasteiger partial charge in [0.2, 0.25) is 0 Å². The molecule has 0 aliphatic rings. The fraction of sp³-hybridized carbons (Fsp3) is 0.353. The average Bonchev–Trinajstić information content (AvgIpc) is 2.47. The van der Waals surface area contributed by atoms with Gasteiger partial charge in [-0.25, -0.2) is 4.98 Å². The fourth-order valence-electron chi connectivity index (χ4n) is 2.18. The number of hydrogen-bond acceptors (Lipinski definition) is 3. The highest BCUT2D eigenvalue weighted by atomic mass is 79.9. The second kappa shape index (κ2) is 7.57. The SMILES string of the molecule is CC(C)NCc1cccnc1N(C)Cc1ccccc1Br. The zero-order valence-electron chi connectivity index (χ0n) is 12.8. The summed E-state index contributed by atoms with van der Waals surface area (Å²) in [5.74, 6) is 1.03. The Kier molecular flexibility index (Phi) is 5.76. The molecule has 1 N–H and O–H groups in total. The normalized spacial score (nSPS) is 10.9. The van der Waals surface area contributed by atoms with Crippen molar-refractivity contribution in [1.82, 2.24) is 10.3 Å². The van der Waals surface area contributed by atoms with Crippen LogP contribution >= 0.6 is 15.9 Å². The molecule has 1 aromatic carbocycles. The Morgan fingerprint density at radius 3 is 2.57 bits per heavy atom. The van der Waals surface area contributed by atoms with Gasteiger partial charge in [0.1, 0.15) is 5.82 Å². The van der Waals surface area contributed by atoms with E-state index in [4.69, 9.17) is 0 Å². The minimum absolute atomic E-state index is 0.464. The molecular weight excluding hydrogens is 326 g/mol. The monoisotopic (exact) mass is 347 g/mol. The molecule has 0 unspecified atom stereocenters. The molecule has 0 aliphatic heterocycles. The summed E-state index contributed by atoms with van der Waals surface area (Å²) < 4.78 is 1.13. The predicted molar refractivity (Wildman–Crippen MR) is 92.5 cm³/mol. The van der Waals surface area contributed by atoms with Crippen LogP contribution in [0.5, 0.6) is 0 Å². The van der Waals surface area contributed by atoms with Crippen molar-refractivity contribution in [2.45, 2.75) is 33.0 Å². The standard InChI is InChI=1S/C17H22BrN3/c1-13(2)20-11-14-8-6-10-19-17(14)21(3)12-15-7-4-5-9-16(15)18/h4-10,13,20H,11-12H2,1-3H3. The first-order valence-corrected chi connectivity index (χ1v) is 7.99. The van der Waals surface area contributed by atoms with Gasteiger partial charge in [-0.05, 0) is 17.7 Å². The third-order valence-corrected chi connectivity index (χ3v) is 4.07. The van der Waals surface area contributed by atoms with Gasteiger partial charge < -0.3 is 10.2 Å². The van der Waals surface area contributed by atoms with E-state index in [9.17, 15) is 0 Å². The Morgan fingerprint density at radius 1 is 1.14 bits per heavy atom. The lowest BCUT2D eigenvalue weighted by Gasteiger charge is -2.22. The number of anilines is 1. The predicted octanol–water partition coefficient (Wildman–Crippen LogP) is 3.98. The number of aromatic nitrogens is 1. The maximum absolute atomic E-state index is 4.55. The lowest BCUT2D eigenvalue weighted by molar-refractivity contribution is 0.587. The van der Waals surface area contributed by atoms with Crippen LogP contribution < -0.4 is 10.2 Å². The number of nitrogens with one attached hydrogen (secondary N) is 1. The third-order valence-electron chi connectivity index (χ3n) is 3.30. The topological polar surface area (TPSA) is 28.2 Å². The maximum atomic E-state index is 4.55. The quantitative estimate of drug-likeness (QED) is 0.856. The van der Waals surface area contributed by atoms with Gasteiger partial charge in [-0.3, -0.25) is 0 Å². The van der Waals surface area contributed by atoms with E-state index in [1.807, 2.05) is 18.3 Å². The average molecular weight is 348 g/mol. The summed E-state index contributed by atoms with van der Waals surface area (Å²) in [5.41, 5.74) is 2.48. The summed E-state index contributed by atoms with van der Waals surface area (Å²) in [4.78, 5) is 6.74.